The molecule has 0 aliphatic heterocycles. The zero-order valence-corrected chi connectivity index (χ0v) is 15.3. The number of fused-ring (bicyclic) bond motifs is 1. The van der Waals surface area contributed by atoms with Gasteiger partial charge >= 0.3 is 5.97 Å². The van der Waals surface area contributed by atoms with Crippen LogP contribution in [0.25, 0.3) is 28.0 Å². The second kappa shape index (κ2) is 7.21. The molecule has 2 aromatic heterocycles. The van der Waals surface area contributed by atoms with Crippen LogP contribution in [0.15, 0.2) is 67.0 Å². The number of benzene rings is 2. The first-order valence-corrected chi connectivity index (χ1v) is 8.92. The van der Waals surface area contributed by atoms with Crippen LogP contribution in [0.5, 0.6) is 0 Å². The van der Waals surface area contributed by atoms with E-state index in [1.165, 1.54) is 0 Å². The van der Waals surface area contributed by atoms with Gasteiger partial charge in [-0.3, -0.25) is 0 Å². The van der Waals surface area contributed by atoms with Crippen molar-refractivity contribution in [2.24, 2.45) is 0 Å². The van der Waals surface area contributed by atoms with Gasteiger partial charge in [-0.15, -0.1) is 0 Å². The summed E-state index contributed by atoms with van der Waals surface area (Å²) in [6, 6.07) is 17.1. The number of carbonyl (C=O) groups is 1. The zero-order valence-electron chi connectivity index (χ0n) is 14.6. The van der Waals surface area contributed by atoms with Gasteiger partial charge in [-0.25, -0.2) is 14.3 Å². The molecule has 5 nitrogen and oxygen atoms in total. The Morgan fingerprint density at radius 3 is 2.48 bits per heavy atom. The molecule has 2 aromatic carbocycles. The lowest BCUT2D eigenvalue weighted by atomic mass is 10.1. The standard InChI is InChI=1S/C21H16ClN3O2/c1-2-27-21(26)18-12-23-20-17(14-8-10-16(22)11-9-14)13-24-25(20)19(18)15-6-4-3-5-7-15/h3-13H,2H2,1H3. The second-order valence-corrected chi connectivity index (χ2v) is 6.34. The van der Waals surface area contributed by atoms with Crippen LogP contribution >= 0.6 is 11.6 Å². The van der Waals surface area contributed by atoms with Crippen molar-refractivity contribution in [2.45, 2.75) is 6.92 Å². The van der Waals surface area contributed by atoms with Crippen LogP contribution in [-0.2, 0) is 4.74 Å². The lowest BCUT2D eigenvalue weighted by Crippen LogP contribution is -2.11. The van der Waals surface area contributed by atoms with Gasteiger partial charge in [0.25, 0.3) is 0 Å². The molecule has 4 aromatic rings. The highest BCUT2D eigenvalue weighted by Gasteiger charge is 2.21. The molecule has 0 bridgehead atoms. The third-order valence-electron chi connectivity index (χ3n) is 4.22. The van der Waals surface area contributed by atoms with Crippen LogP contribution in [0.4, 0.5) is 0 Å². The first-order chi connectivity index (χ1) is 13.2. The van der Waals surface area contributed by atoms with Crippen molar-refractivity contribution in [3.8, 4) is 22.4 Å². The summed E-state index contributed by atoms with van der Waals surface area (Å²) in [5.74, 6) is -0.422. The van der Waals surface area contributed by atoms with Crippen molar-refractivity contribution in [1.82, 2.24) is 14.6 Å². The van der Waals surface area contributed by atoms with Gasteiger partial charge in [0.1, 0.15) is 5.56 Å². The molecule has 0 amide bonds. The Balaban J connectivity index is 1.96. The largest absolute Gasteiger partial charge is 0.462 e. The van der Waals surface area contributed by atoms with E-state index >= 15 is 0 Å². The molecule has 0 saturated heterocycles. The Hall–Kier alpha value is -3.18. The number of ether oxygens (including phenoxy) is 1. The van der Waals surface area contributed by atoms with Gasteiger partial charge in [-0.05, 0) is 24.6 Å². The topological polar surface area (TPSA) is 56.5 Å². The highest BCUT2D eigenvalue weighted by molar-refractivity contribution is 6.30. The van der Waals surface area contributed by atoms with E-state index in [4.69, 9.17) is 16.3 Å². The van der Waals surface area contributed by atoms with Crippen LogP contribution in [0.1, 0.15) is 17.3 Å². The van der Waals surface area contributed by atoms with Gasteiger partial charge in [0.2, 0.25) is 0 Å². The Bertz CT molecular complexity index is 1110. The summed E-state index contributed by atoms with van der Waals surface area (Å²) in [5, 5.41) is 5.17. The minimum Gasteiger partial charge on any atom is -0.462 e. The van der Waals surface area contributed by atoms with Crippen LogP contribution < -0.4 is 0 Å². The maximum Gasteiger partial charge on any atom is 0.341 e. The Morgan fingerprint density at radius 2 is 1.78 bits per heavy atom. The first-order valence-electron chi connectivity index (χ1n) is 8.54. The lowest BCUT2D eigenvalue weighted by Gasteiger charge is -2.11. The molecule has 27 heavy (non-hydrogen) atoms. The number of nitrogens with zero attached hydrogens (tertiary/aromatic N) is 3. The van der Waals surface area contributed by atoms with Gasteiger partial charge in [-0.2, -0.15) is 5.10 Å². The van der Waals surface area contributed by atoms with Crippen molar-refractivity contribution >= 4 is 23.2 Å². The normalized spacial score (nSPS) is 10.9. The van der Waals surface area contributed by atoms with Gasteiger partial charge in [0.15, 0.2) is 5.65 Å². The van der Waals surface area contributed by atoms with E-state index in [0.29, 0.717) is 28.5 Å². The van der Waals surface area contributed by atoms with Gasteiger partial charge in [-0.1, -0.05) is 54.1 Å². The van der Waals surface area contributed by atoms with Crippen molar-refractivity contribution in [3.63, 3.8) is 0 Å². The maximum atomic E-state index is 12.5. The number of carbonyl (C=O) groups excluding carboxylic acids is 1. The van der Waals surface area contributed by atoms with Crippen molar-refractivity contribution < 1.29 is 9.53 Å². The molecule has 2 heterocycles. The zero-order chi connectivity index (χ0) is 18.8. The van der Waals surface area contributed by atoms with E-state index in [9.17, 15) is 4.79 Å². The molecule has 0 saturated carbocycles. The summed E-state index contributed by atoms with van der Waals surface area (Å²) >= 11 is 5.99. The Kier molecular flexibility index (Phi) is 4.60. The number of aromatic nitrogens is 3. The minimum absolute atomic E-state index is 0.292. The van der Waals surface area contributed by atoms with E-state index in [0.717, 1.165) is 16.7 Å². The van der Waals surface area contributed by atoms with Gasteiger partial charge in [0.05, 0.1) is 18.5 Å². The molecule has 0 N–H and O–H groups in total. The Labute approximate surface area is 161 Å². The Morgan fingerprint density at radius 1 is 1.04 bits per heavy atom. The van der Waals surface area contributed by atoms with Crippen LogP contribution in [0, 0.1) is 0 Å². The molecule has 0 aliphatic rings. The average molecular weight is 378 g/mol. The summed E-state index contributed by atoms with van der Waals surface area (Å²) in [6.45, 7) is 2.07. The molecule has 6 heteroatoms. The molecule has 0 aliphatic carbocycles. The van der Waals surface area contributed by atoms with E-state index in [-0.39, 0.29) is 0 Å². The summed E-state index contributed by atoms with van der Waals surface area (Å²) in [6.07, 6.45) is 3.30. The minimum atomic E-state index is -0.422. The van der Waals surface area contributed by atoms with Crippen molar-refractivity contribution in [2.75, 3.05) is 6.61 Å². The predicted molar refractivity (Wildman–Crippen MR) is 105 cm³/mol. The molecular formula is C21H16ClN3O2. The van der Waals surface area contributed by atoms with Gasteiger partial charge in [0, 0.05) is 22.3 Å². The van der Waals surface area contributed by atoms with E-state index in [1.807, 2.05) is 54.6 Å². The van der Waals surface area contributed by atoms with Gasteiger partial charge < -0.3 is 4.74 Å². The summed E-state index contributed by atoms with van der Waals surface area (Å²) < 4.78 is 6.89. The summed E-state index contributed by atoms with van der Waals surface area (Å²) in [7, 11) is 0. The fourth-order valence-corrected chi connectivity index (χ4v) is 3.12. The molecule has 0 spiro atoms. The van der Waals surface area contributed by atoms with Crippen molar-refractivity contribution in [1.29, 1.82) is 0 Å². The number of hydrogen-bond acceptors (Lipinski definition) is 4. The van der Waals surface area contributed by atoms with Crippen LogP contribution in [-0.4, -0.2) is 27.2 Å². The summed E-state index contributed by atoms with van der Waals surface area (Å²) in [5.41, 5.74) is 4.35. The fraction of sp³-hybridized carbons (Fsp3) is 0.0952. The molecule has 0 atom stereocenters. The highest BCUT2D eigenvalue weighted by atomic mass is 35.5. The lowest BCUT2D eigenvalue weighted by molar-refractivity contribution is 0.0526. The quantitative estimate of drug-likeness (QED) is 0.475. The predicted octanol–water partition coefficient (Wildman–Crippen LogP) is 4.89. The molecule has 0 radical (unpaired) electrons. The second-order valence-electron chi connectivity index (χ2n) is 5.91. The van der Waals surface area contributed by atoms with Crippen LogP contribution in [0.2, 0.25) is 5.02 Å². The molecule has 4 rings (SSSR count). The van der Waals surface area contributed by atoms with Crippen molar-refractivity contribution in [3.05, 3.63) is 77.6 Å². The molecule has 0 fully saturated rings. The van der Waals surface area contributed by atoms with E-state index in [2.05, 4.69) is 10.1 Å². The highest BCUT2D eigenvalue weighted by Crippen LogP contribution is 2.30. The number of hydrogen-bond donors (Lipinski definition) is 0. The third kappa shape index (κ3) is 3.17. The average Bonchev–Trinajstić information content (AvgIpc) is 3.13. The molecule has 0 unspecified atom stereocenters. The van der Waals surface area contributed by atoms with E-state index in [1.54, 1.807) is 23.8 Å². The smallest absolute Gasteiger partial charge is 0.341 e. The third-order valence-corrected chi connectivity index (χ3v) is 4.48. The monoisotopic (exact) mass is 377 g/mol. The van der Waals surface area contributed by atoms with Crippen LogP contribution in [0.3, 0.4) is 0 Å². The SMILES string of the molecule is CCOC(=O)c1cnc2c(-c3ccc(Cl)cc3)cnn2c1-c1ccccc1. The number of halogens is 1. The number of esters is 1. The van der Waals surface area contributed by atoms with E-state index < -0.39 is 5.97 Å². The fourth-order valence-electron chi connectivity index (χ4n) is 3.00. The maximum absolute atomic E-state index is 12.5. The molecular weight excluding hydrogens is 362 g/mol. The molecule has 134 valence electrons. The first kappa shape index (κ1) is 17.2. The summed E-state index contributed by atoms with van der Waals surface area (Å²) in [4.78, 5) is 17.0. The number of rotatable bonds is 4.